The molecule has 2 atom stereocenters. The van der Waals surface area contributed by atoms with Gasteiger partial charge in [-0.15, -0.1) is 0 Å². The number of halogens is 1. The van der Waals surface area contributed by atoms with E-state index in [4.69, 9.17) is 11.6 Å². The fourth-order valence-electron chi connectivity index (χ4n) is 4.26. The molecule has 0 unspecified atom stereocenters. The lowest BCUT2D eigenvalue weighted by atomic mass is 9.86. The first-order valence-electron chi connectivity index (χ1n) is 9.81. The van der Waals surface area contributed by atoms with Crippen molar-refractivity contribution in [2.75, 3.05) is 32.7 Å². The van der Waals surface area contributed by atoms with Crippen molar-refractivity contribution in [2.45, 2.75) is 45.2 Å². The third-order valence-electron chi connectivity index (χ3n) is 5.88. The molecule has 3 N–H and O–H groups in total. The Balaban J connectivity index is 1.39. The van der Waals surface area contributed by atoms with Gasteiger partial charge in [0.25, 0.3) is 5.91 Å². The summed E-state index contributed by atoms with van der Waals surface area (Å²) in [5, 5.41) is 4.11. The topological polar surface area (TPSA) is 38.0 Å². The Hall–Kier alpha value is -1.10. The highest BCUT2D eigenvalue weighted by atomic mass is 35.5. The lowest BCUT2D eigenvalue weighted by Gasteiger charge is -2.32. The summed E-state index contributed by atoms with van der Waals surface area (Å²) >= 11 is 6.08. The zero-order valence-corrected chi connectivity index (χ0v) is 16.1. The maximum absolute atomic E-state index is 12.4. The van der Waals surface area contributed by atoms with Crippen molar-refractivity contribution < 1.29 is 14.6 Å². The Kier molecular flexibility index (Phi) is 6.74. The summed E-state index contributed by atoms with van der Waals surface area (Å²) in [6, 6.07) is 8.56. The molecule has 1 aromatic rings. The normalized spacial score (nSPS) is 30.0. The highest BCUT2D eigenvalue weighted by molar-refractivity contribution is 6.30. The maximum Gasteiger partial charge on any atom is 0.275 e. The van der Waals surface area contributed by atoms with Crippen molar-refractivity contribution in [1.82, 2.24) is 5.32 Å². The van der Waals surface area contributed by atoms with Crippen LogP contribution in [0.2, 0.25) is 5.02 Å². The first-order chi connectivity index (χ1) is 12.1. The van der Waals surface area contributed by atoms with Gasteiger partial charge in [-0.3, -0.25) is 4.79 Å². The molecular weight excluding hydrogens is 334 g/mol. The number of quaternary nitrogens is 2. The molecule has 1 saturated heterocycles. The predicted octanol–water partition coefficient (Wildman–Crippen LogP) is 0.318. The molecule has 3 rings (SSSR count). The first kappa shape index (κ1) is 18.7. The zero-order valence-electron chi connectivity index (χ0n) is 15.3. The molecule has 5 heteroatoms. The van der Waals surface area contributed by atoms with Crippen LogP contribution in [0.4, 0.5) is 0 Å². The van der Waals surface area contributed by atoms with E-state index >= 15 is 0 Å². The van der Waals surface area contributed by atoms with Crippen molar-refractivity contribution in [3.05, 3.63) is 34.9 Å². The van der Waals surface area contributed by atoms with E-state index in [-0.39, 0.29) is 5.91 Å². The van der Waals surface area contributed by atoms with Crippen molar-refractivity contribution in [1.29, 1.82) is 0 Å². The Morgan fingerprint density at radius 2 is 1.88 bits per heavy atom. The van der Waals surface area contributed by atoms with Crippen LogP contribution < -0.4 is 15.1 Å². The van der Waals surface area contributed by atoms with Gasteiger partial charge in [-0.2, -0.15) is 0 Å². The van der Waals surface area contributed by atoms with Gasteiger partial charge in [-0.1, -0.05) is 43.5 Å². The van der Waals surface area contributed by atoms with Gasteiger partial charge in [0.2, 0.25) is 0 Å². The number of amides is 1. The molecule has 1 saturated carbocycles. The molecular formula is C20H32ClN3O+2. The number of benzene rings is 1. The van der Waals surface area contributed by atoms with Crippen molar-refractivity contribution in [3.63, 3.8) is 0 Å². The lowest BCUT2D eigenvalue weighted by Crippen LogP contribution is -3.28. The number of carbonyl (C=O) groups is 1. The van der Waals surface area contributed by atoms with Gasteiger partial charge < -0.3 is 15.1 Å². The van der Waals surface area contributed by atoms with Gasteiger partial charge in [0.1, 0.15) is 32.7 Å². The van der Waals surface area contributed by atoms with E-state index in [9.17, 15) is 4.79 Å². The average molecular weight is 366 g/mol. The van der Waals surface area contributed by atoms with Gasteiger partial charge >= 0.3 is 0 Å². The third-order valence-corrected chi connectivity index (χ3v) is 6.11. The zero-order chi connectivity index (χ0) is 17.6. The summed E-state index contributed by atoms with van der Waals surface area (Å²) in [6.07, 6.45) is 4.98. The molecule has 1 amide bonds. The van der Waals surface area contributed by atoms with Crippen LogP contribution in [-0.2, 0) is 11.3 Å². The number of hydrogen-bond donors (Lipinski definition) is 3. The highest BCUT2D eigenvalue weighted by Gasteiger charge is 2.27. The molecule has 0 radical (unpaired) electrons. The minimum absolute atomic E-state index is 0.243. The van der Waals surface area contributed by atoms with Crippen LogP contribution >= 0.6 is 11.6 Å². The quantitative estimate of drug-likeness (QED) is 0.690. The van der Waals surface area contributed by atoms with E-state index in [1.54, 1.807) is 4.90 Å². The first-order valence-corrected chi connectivity index (χ1v) is 10.2. The standard InChI is InChI=1S/C20H30ClN3O/c1-16-5-2-3-8-19(16)22-20(25)15-24-11-9-23(10-12-24)14-17-6-4-7-18(21)13-17/h4,6-7,13,16,19H,2-3,5,8-12,14-15H2,1H3,(H,22,25)/p+2/t16-,19-/m0/s1. The number of carbonyl (C=O) groups excluding carboxylic acids is 1. The van der Waals surface area contributed by atoms with Crippen LogP contribution in [0.15, 0.2) is 24.3 Å². The second-order valence-electron chi connectivity index (χ2n) is 7.92. The fraction of sp³-hybridized carbons (Fsp3) is 0.650. The van der Waals surface area contributed by atoms with Gasteiger partial charge in [-0.05, 0) is 30.9 Å². The Morgan fingerprint density at radius 1 is 1.16 bits per heavy atom. The summed E-state index contributed by atoms with van der Waals surface area (Å²) in [7, 11) is 0. The SMILES string of the molecule is C[C@H]1CCCC[C@@H]1NC(=O)C[NH+]1CC[NH+](Cc2cccc(Cl)c2)CC1. The van der Waals surface area contributed by atoms with Crippen LogP contribution in [0.1, 0.15) is 38.2 Å². The molecule has 0 bridgehead atoms. The molecule has 0 spiro atoms. The predicted molar refractivity (Wildman–Crippen MR) is 101 cm³/mol. The van der Waals surface area contributed by atoms with Gasteiger partial charge in [0, 0.05) is 16.6 Å². The van der Waals surface area contributed by atoms with E-state index in [1.807, 2.05) is 12.1 Å². The van der Waals surface area contributed by atoms with Gasteiger partial charge in [-0.25, -0.2) is 0 Å². The molecule has 1 aromatic carbocycles. The summed E-state index contributed by atoms with van der Waals surface area (Å²) in [5.74, 6) is 0.874. The van der Waals surface area contributed by atoms with Crippen LogP contribution in [0.5, 0.6) is 0 Å². The van der Waals surface area contributed by atoms with Gasteiger partial charge in [0.05, 0.1) is 0 Å². The van der Waals surface area contributed by atoms with Crippen LogP contribution in [-0.4, -0.2) is 44.7 Å². The van der Waals surface area contributed by atoms with Crippen molar-refractivity contribution in [3.8, 4) is 0 Å². The summed E-state index contributed by atoms with van der Waals surface area (Å²) in [6.45, 7) is 8.32. The maximum atomic E-state index is 12.4. The molecule has 25 heavy (non-hydrogen) atoms. The van der Waals surface area contributed by atoms with E-state index in [0.29, 0.717) is 18.5 Å². The number of hydrogen-bond acceptors (Lipinski definition) is 1. The van der Waals surface area contributed by atoms with Crippen LogP contribution in [0, 0.1) is 5.92 Å². The minimum atomic E-state index is 0.243. The van der Waals surface area contributed by atoms with Crippen molar-refractivity contribution in [2.24, 2.45) is 5.92 Å². The third kappa shape index (κ3) is 5.70. The minimum Gasteiger partial charge on any atom is -0.348 e. The molecule has 1 aliphatic carbocycles. The van der Waals surface area contributed by atoms with E-state index in [2.05, 4.69) is 24.4 Å². The molecule has 2 aliphatic rings. The lowest BCUT2D eigenvalue weighted by molar-refractivity contribution is -1.02. The Bertz CT molecular complexity index is 572. The number of piperazine rings is 1. The highest BCUT2D eigenvalue weighted by Crippen LogP contribution is 2.23. The molecule has 4 nitrogen and oxygen atoms in total. The Labute approximate surface area is 156 Å². The van der Waals surface area contributed by atoms with E-state index in [0.717, 1.165) is 44.2 Å². The van der Waals surface area contributed by atoms with Crippen LogP contribution in [0.25, 0.3) is 0 Å². The second-order valence-corrected chi connectivity index (χ2v) is 8.36. The molecule has 1 aliphatic heterocycles. The summed E-state index contributed by atoms with van der Waals surface area (Å²) < 4.78 is 0. The smallest absolute Gasteiger partial charge is 0.275 e. The Morgan fingerprint density at radius 3 is 2.60 bits per heavy atom. The fourth-order valence-corrected chi connectivity index (χ4v) is 4.47. The summed E-state index contributed by atoms with van der Waals surface area (Å²) in [5.41, 5.74) is 1.30. The number of rotatable bonds is 5. The largest absolute Gasteiger partial charge is 0.348 e. The summed E-state index contributed by atoms with van der Waals surface area (Å²) in [4.78, 5) is 15.4. The molecule has 0 aromatic heterocycles. The number of nitrogens with one attached hydrogen (secondary N) is 3. The monoisotopic (exact) mass is 365 g/mol. The van der Waals surface area contributed by atoms with E-state index in [1.165, 1.54) is 29.7 Å². The van der Waals surface area contributed by atoms with Crippen molar-refractivity contribution >= 4 is 17.5 Å². The molecule has 2 fully saturated rings. The van der Waals surface area contributed by atoms with E-state index < -0.39 is 0 Å². The molecule has 1 heterocycles. The molecule has 138 valence electrons. The second kappa shape index (κ2) is 9.02. The van der Waals surface area contributed by atoms with Crippen LogP contribution in [0.3, 0.4) is 0 Å². The average Bonchev–Trinajstić information content (AvgIpc) is 2.59. The van der Waals surface area contributed by atoms with Gasteiger partial charge in [0.15, 0.2) is 6.54 Å².